The van der Waals surface area contributed by atoms with E-state index in [-0.39, 0.29) is 37.7 Å². The summed E-state index contributed by atoms with van der Waals surface area (Å²) in [6, 6.07) is 5.53. The third-order valence-corrected chi connectivity index (χ3v) is 5.12. The number of anilines is 1. The summed E-state index contributed by atoms with van der Waals surface area (Å²) >= 11 is 0. The van der Waals surface area contributed by atoms with Crippen molar-refractivity contribution >= 4 is 23.5 Å². The zero-order chi connectivity index (χ0) is 19.4. The van der Waals surface area contributed by atoms with Gasteiger partial charge in [0, 0.05) is 44.5 Å². The van der Waals surface area contributed by atoms with Crippen LogP contribution >= 0.6 is 0 Å². The van der Waals surface area contributed by atoms with Crippen LogP contribution < -0.4 is 10.1 Å². The number of amides is 2. The minimum absolute atomic E-state index is 0.0224. The number of piperidine rings is 1. The van der Waals surface area contributed by atoms with Crippen LogP contribution in [0.15, 0.2) is 18.2 Å². The summed E-state index contributed by atoms with van der Waals surface area (Å²) in [6.07, 6.45) is 2.12. The molecule has 2 heterocycles. The van der Waals surface area contributed by atoms with Gasteiger partial charge < -0.3 is 25.2 Å². The summed E-state index contributed by atoms with van der Waals surface area (Å²) < 4.78 is 5.70. The molecule has 8 heteroatoms. The Hall–Kier alpha value is -2.61. The fourth-order valence-electron chi connectivity index (χ4n) is 3.36. The molecule has 0 saturated carbocycles. The predicted molar refractivity (Wildman–Crippen MR) is 96.5 cm³/mol. The average molecular weight is 376 g/mol. The number of rotatable bonds is 6. The van der Waals surface area contributed by atoms with Crippen LogP contribution in [0.25, 0.3) is 0 Å². The minimum Gasteiger partial charge on any atom is -0.494 e. The predicted octanol–water partition coefficient (Wildman–Crippen LogP) is 1.17. The summed E-state index contributed by atoms with van der Waals surface area (Å²) in [7, 11) is 0. The van der Waals surface area contributed by atoms with E-state index in [1.165, 1.54) is 0 Å². The third-order valence-electron chi connectivity index (χ3n) is 5.12. The van der Waals surface area contributed by atoms with Gasteiger partial charge in [-0.1, -0.05) is 0 Å². The largest absolute Gasteiger partial charge is 0.494 e. The lowest BCUT2D eigenvalue weighted by Crippen LogP contribution is -2.50. The highest BCUT2D eigenvalue weighted by molar-refractivity contribution is 5.94. The van der Waals surface area contributed by atoms with Gasteiger partial charge in [0.25, 0.3) is 0 Å². The lowest BCUT2D eigenvalue weighted by atomic mass is 9.91. The van der Waals surface area contributed by atoms with Crippen LogP contribution in [0.2, 0.25) is 0 Å². The van der Waals surface area contributed by atoms with Crippen LogP contribution in [0.3, 0.4) is 0 Å². The Morgan fingerprint density at radius 3 is 2.67 bits per heavy atom. The quantitative estimate of drug-likeness (QED) is 0.642. The molecule has 1 saturated heterocycles. The number of carboxylic acid groups (broad SMARTS) is 1. The molecule has 27 heavy (non-hydrogen) atoms. The molecule has 0 aliphatic carbocycles. The first-order valence-electron chi connectivity index (χ1n) is 9.16. The van der Waals surface area contributed by atoms with Gasteiger partial charge in [-0.25, -0.2) is 4.79 Å². The van der Waals surface area contributed by atoms with Crippen LogP contribution in [-0.4, -0.2) is 58.2 Å². The first-order chi connectivity index (χ1) is 12.9. The van der Waals surface area contributed by atoms with E-state index in [1.54, 1.807) is 11.0 Å². The lowest BCUT2D eigenvalue weighted by Gasteiger charge is -2.35. The van der Waals surface area contributed by atoms with Crippen molar-refractivity contribution < 1.29 is 29.3 Å². The molecule has 0 spiro atoms. The van der Waals surface area contributed by atoms with Gasteiger partial charge in [0.05, 0.1) is 6.61 Å². The number of nitrogens with one attached hydrogen (secondary N) is 1. The van der Waals surface area contributed by atoms with E-state index in [1.807, 2.05) is 12.1 Å². The number of ether oxygens (including phenoxy) is 1. The van der Waals surface area contributed by atoms with Crippen molar-refractivity contribution in [2.45, 2.75) is 44.1 Å². The Kier molecular flexibility index (Phi) is 5.65. The van der Waals surface area contributed by atoms with Gasteiger partial charge in [0.2, 0.25) is 11.8 Å². The van der Waals surface area contributed by atoms with Crippen molar-refractivity contribution in [3.63, 3.8) is 0 Å². The van der Waals surface area contributed by atoms with Gasteiger partial charge in [0.15, 0.2) is 5.60 Å². The number of carbonyl (C=O) groups is 3. The second-order valence-corrected chi connectivity index (χ2v) is 7.04. The molecule has 2 aliphatic rings. The Morgan fingerprint density at radius 1 is 1.22 bits per heavy atom. The fraction of sp³-hybridized carbons (Fsp3) is 0.526. The molecule has 0 unspecified atom stereocenters. The molecule has 0 atom stereocenters. The SMILES string of the molecule is O=C1CCc2cc(OCCCC(=O)N3CCC(O)(C(=O)O)CC3)ccc2N1. The molecule has 1 fully saturated rings. The average Bonchev–Trinajstić information content (AvgIpc) is 2.65. The van der Waals surface area contributed by atoms with Crippen molar-refractivity contribution in [1.29, 1.82) is 0 Å². The van der Waals surface area contributed by atoms with E-state index in [9.17, 15) is 19.5 Å². The highest BCUT2D eigenvalue weighted by Crippen LogP contribution is 2.27. The van der Waals surface area contributed by atoms with E-state index in [0.29, 0.717) is 38.0 Å². The molecule has 1 aromatic carbocycles. The van der Waals surface area contributed by atoms with E-state index < -0.39 is 11.6 Å². The summed E-state index contributed by atoms with van der Waals surface area (Å²) in [4.78, 5) is 36.2. The van der Waals surface area contributed by atoms with Crippen LogP contribution in [0.5, 0.6) is 5.75 Å². The Bertz CT molecular complexity index is 740. The molecular formula is C19H24N2O6. The maximum Gasteiger partial charge on any atom is 0.335 e. The summed E-state index contributed by atoms with van der Waals surface area (Å²) in [6.45, 7) is 0.891. The van der Waals surface area contributed by atoms with Crippen molar-refractivity contribution in [3.8, 4) is 5.75 Å². The topological polar surface area (TPSA) is 116 Å². The molecule has 146 valence electrons. The first-order valence-corrected chi connectivity index (χ1v) is 9.16. The molecule has 0 radical (unpaired) electrons. The number of carboxylic acids is 1. The highest BCUT2D eigenvalue weighted by Gasteiger charge is 2.40. The molecule has 3 rings (SSSR count). The maximum absolute atomic E-state index is 12.2. The maximum atomic E-state index is 12.2. The van der Waals surface area contributed by atoms with Crippen LogP contribution in [0.4, 0.5) is 5.69 Å². The number of hydrogen-bond acceptors (Lipinski definition) is 5. The molecule has 3 N–H and O–H groups in total. The number of benzene rings is 1. The summed E-state index contributed by atoms with van der Waals surface area (Å²) in [5.74, 6) is -0.553. The van der Waals surface area contributed by atoms with Gasteiger partial charge in [-0.05, 0) is 36.6 Å². The zero-order valence-corrected chi connectivity index (χ0v) is 15.1. The summed E-state index contributed by atoms with van der Waals surface area (Å²) in [5.41, 5.74) is 0.147. The number of nitrogens with zero attached hydrogens (tertiary/aromatic N) is 1. The van der Waals surface area contributed by atoms with Crippen molar-refractivity contribution in [3.05, 3.63) is 23.8 Å². The molecule has 2 aliphatic heterocycles. The highest BCUT2D eigenvalue weighted by atomic mass is 16.5. The normalized spacial score (nSPS) is 18.4. The molecular weight excluding hydrogens is 352 g/mol. The molecule has 0 bridgehead atoms. The van der Waals surface area contributed by atoms with Gasteiger partial charge in [-0.2, -0.15) is 0 Å². The van der Waals surface area contributed by atoms with Gasteiger partial charge >= 0.3 is 5.97 Å². The lowest BCUT2D eigenvalue weighted by molar-refractivity contribution is -0.165. The van der Waals surface area contributed by atoms with Crippen LogP contribution in [0.1, 0.15) is 37.7 Å². The number of aliphatic hydroxyl groups is 1. The second-order valence-electron chi connectivity index (χ2n) is 7.04. The Balaban J connectivity index is 1.40. The zero-order valence-electron chi connectivity index (χ0n) is 15.1. The van der Waals surface area contributed by atoms with E-state index in [4.69, 9.17) is 9.84 Å². The number of carbonyl (C=O) groups excluding carboxylic acids is 2. The van der Waals surface area contributed by atoms with Crippen LogP contribution in [-0.2, 0) is 20.8 Å². The monoisotopic (exact) mass is 376 g/mol. The standard InChI is InChI=1S/C19H24N2O6/c22-16-6-3-13-12-14(4-5-15(13)20-16)27-11-1-2-17(23)21-9-7-19(26,8-10-21)18(24)25/h4-5,12,26H,1-3,6-11H2,(H,20,22)(H,24,25). The van der Waals surface area contributed by atoms with Crippen molar-refractivity contribution in [1.82, 2.24) is 4.90 Å². The molecule has 0 aromatic heterocycles. The van der Waals surface area contributed by atoms with Gasteiger partial charge in [-0.3, -0.25) is 9.59 Å². The van der Waals surface area contributed by atoms with Crippen molar-refractivity contribution in [2.75, 3.05) is 25.0 Å². The minimum atomic E-state index is -1.72. The number of likely N-dealkylation sites (tertiary alicyclic amines) is 1. The number of fused-ring (bicyclic) bond motifs is 1. The molecule has 1 aromatic rings. The Labute approximate surface area is 157 Å². The third kappa shape index (κ3) is 4.57. The second kappa shape index (κ2) is 7.96. The number of aryl methyl sites for hydroxylation is 1. The molecule has 2 amide bonds. The van der Waals surface area contributed by atoms with E-state index in [2.05, 4.69) is 5.32 Å². The fourth-order valence-corrected chi connectivity index (χ4v) is 3.36. The van der Waals surface area contributed by atoms with Crippen molar-refractivity contribution in [2.24, 2.45) is 0 Å². The van der Waals surface area contributed by atoms with Gasteiger partial charge in [-0.15, -0.1) is 0 Å². The Morgan fingerprint density at radius 2 is 1.96 bits per heavy atom. The number of aliphatic carboxylic acids is 1. The molecule has 8 nitrogen and oxygen atoms in total. The van der Waals surface area contributed by atoms with E-state index >= 15 is 0 Å². The van der Waals surface area contributed by atoms with E-state index in [0.717, 1.165) is 11.3 Å². The number of hydrogen-bond donors (Lipinski definition) is 3. The summed E-state index contributed by atoms with van der Waals surface area (Å²) in [5, 5.41) is 21.7. The van der Waals surface area contributed by atoms with Gasteiger partial charge in [0.1, 0.15) is 5.75 Å². The van der Waals surface area contributed by atoms with Crippen LogP contribution in [0, 0.1) is 0 Å². The first kappa shape index (κ1) is 19.2. The smallest absolute Gasteiger partial charge is 0.335 e.